The lowest BCUT2D eigenvalue weighted by atomic mass is 9.97. The number of carbonyl (C=O) groups excluding carboxylic acids is 1. The maximum Gasteiger partial charge on any atom is 0.251 e. The number of nitrogens with one attached hydrogen (secondary N) is 1. The van der Waals surface area contributed by atoms with E-state index in [-0.39, 0.29) is 11.9 Å². The monoisotopic (exact) mass is 391 g/mol. The molecule has 29 heavy (non-hydrogen) atoms. The third kappa shape index (κ3) is 3.81. The molecule has 2 aliphatic carbocycles. The first-order valence-corrected chi connectivity index (χ1v) is 10.3. The fourth-order valence-electron chi connectivity index (χ4n) is 3.92. The van der Waals surface area contributed by atoms with E-state index in [1.54, 1.807) is 13.1 Å². The van der Waals surface area contributed by atoms with Crippen molar-refractivity contribution in [2.45, 2.75) is 51.0 Å². The second-order valence-corrected chi connectivity index (χ2v) is 8.29. The molecule has 0 spiro atoms. The van der Waals surface area contributed by atoms with Crippen molar-refractivity contribution < 1.29 is 9.32 Å². The number of aromatic nitrogens is 4. The van der Waals surface area contributed by atoms with Crippen LogP contribution >= 0.6 is 0 Å². The largest absolute Gasteiger partial charge is 0.342 e. The van der Waals surface area contributed by atoms with Crippen molar-refractivity contribution in [2.75, 3.05) is 0 Å². The highest BCUT2D eigenvalue weighted by atomic mass is 16.5. The first kappa shape index (κ1) is 18.1. The molecule has 1 N–H and O–H groups in total. The van der Waals surface area contributed by atoms with Crippen LogP contribution in [0.5, 0.6) is 0 Å². The Morgan fingerprint density at radius 3 is 2.72 bits per heavy atom. The minimum Gasteiger partial charge on any atom is -0.342 e. The number of carbonyl (C=O) groups is 1. The minimum atomic E-state index is -0.226. The van der Waals surface area contributed by atoms with Gasteiger partial charge in [0, 0.05) is 31.3 Å². The molecule has 3 aromatic rings. The van der Waals surface area contributed by atoms with E-state index in [0.29, 0.717) is 29.1 Å². The van der Waals surface area contributed by atoms with Gasteiger partial charge in [-0.05, 0) is 54.9 Å². The van der Waals surface area contributed by atoms with Gasteiger partial charge in [-0.3, -0.25) is 9.48 Å². The third-order valence-corrected chi connectivity index (χ3v) is 5.86. The molecule has 2 heterocycles. The predicted molar refractivity (Wildman–Crippen MR) is 107 cm³/mol. The average Bonchev–Trinajstić information content (AvgIpc) is 3.63. The van der Waals surface area contributed by atoms with E-state index < -0.39 is 0 Å². The lowest BCUT2D eigenvalue weighted by molar-refractivity contribution is 0.0931. The fraction of sp³-hybridized carbons (Fsp3) is 0.455. The van der Waals surface area contributed by atoms with Crippen molar-refractivity contribution in [2.24, 2.45) is 13.0 Å². The summed E-state index contributed by atoms with van der Waals surface area (Å²) in [6.45, 7) is 1.77. The van der Waals surface area contributed by atoms with Gasteiger partial charge in [0.05, 0.1) is 11.7 Å². The number of nitrogens with zero attached hydrogens (tertiary/aromatic N) is 4. The standard InChI is InChI=1S/C22H25N5O2/c1-13-24-21(26-29-13)19(11-14-3-4-14)25-22(28)16-7-8-17(15-5-6-15)18(12-16)20-9-10-23-27(20)2/h7-10,12,14-15,19H,3-6,11H2,1-2H3,(H,25,28). The SMILES string of the molecule is Cc1nc(C(CC2CC2)NC(=O)c2ccc(C3CC3)c(-c3ccnn3C)c2)no1. The molecule has 7 heteroatoms. The molecule has 2 saturated carbocycles. The van der Waals surface area contributed by atoms with Crippen LogP contribution in [0, 0.1) is 12.8 Å². The van der Waals surface area contributed by atoms with Gasteiger partial charge in [0.15, 0.2) is 5.82 Å². The van der Waals surface area contributed by atoms with E-state index in [0.717, 1.165) is 17.7 Å². The lowest BCUT2D eigenvalue weighted by Gasteiger charge is -2.16. The number of benzene rings is 1. The average molecular weight is 391 g/mol. The Morgan fingerprint density at radius 1 is 1.28 bits per heavy atom. The van der Waals surface area contributed by atoms with Crippen LogP contribution in [0.2, 0.25) is 0 Å². The lowest BCUT2D eigenvalue weighted by Crippen LogP contribution is -2.29. The fourth-order valence-corrected chi connectivity index (χ4v) is 3.92. The number of hydrogen-bond acceptors (Lipinski definition) is 5. The maximum atomic E-state index is 13.1. The van der Waals surface area contributed by atoms with Crippen LogP contribution < -0.4 is 5.32 Å². The predicted octanol–water partition coefficient (Wildman–Crippen LogP) is 3.93. The van der Waals surface area contributed by atoms with Crippen LogP contribution in [0.25, 0.3) is 11.3 Å². The van der Waals surface area contributed by atoms with Crippen LogP contribution in [0.4, 0.5) is 0 Å². The molecule has 1 amide bonds. The van der Waals surface area contributed by atoms with E-state index in [1.165, 1.54) is 31.2 Å². The van der Waals surface area contributed by atoms with Gasteiger partial charge in [-0.15, -0.1) is 0 Å². The Balaban J connectivity index is 1.43. The van der Waals surface area contributed by atoms with Gasteiger partial charge in [0.25, 0.3) is 5.91 Å². The van der Waals surface area contributed by atoms with Gasteiger partial charge < -0.3 is 9.84 Å². The summed E-state index contributed by atoms with van der Waals surface area (Å²) in [5.41, 5.74) is 4.07. The van der Waals surface area contributed by atoms with Crippen molar-refractivity contribution in [3.8, 4) is 11.3 Å². The highest BCUT2D eigenvalue weighted by Gasteiger charge is 2.31. The summed E-state index contributed by atoms with van der Waals surface area (Å²) < 4.78 is 7.00. The summed E-state index contributed by atoms with van der Waals surface area (Å²) in [6.07, 6.45) is 7.45. The van der Waals surface area contributed by atoms with E-state index >= 15 is 0 Å². The second-order valence-electron chi connectivity index (χ2n) is 8.29. The van der Waals surface area contributed by atoms with Gasteiger partial charge in [-0.2, -0.15) is 10.1 Å². The molecule has 1 aromatic carbocycles. The third-order valence-electron chi connectivity index (χ3n) is 5.86. The quantitative estimate of drug-likeness (QED) is 0.660. The van der Waals surface area contributed by atoms with Crippen LogP contribution in [0.3, 0.4) is 0 Å². The van der Waals surface area contributed by atoms with E-state index in [4.69, 9.17) is 4.52 Å². The molecule has 1 unspecified atom stereocenters. The molecular weight excluding hydrogens is 366 g/mol. The molecular formula is C22H25N5O2. The van der Waals surface area contributed by atoms with E-state index in [2.05, 4.69) is 26.6 Å². The Labute approximate surface area is 169 Å². The van der Waals surface area contributed by atoms with Gasteiger partial charge in [-0.25, -0.2) is 0 Å². The molecule has 0 aliphatic heterocycles. The van der Waals surface area contributed by atoms with E-state index in [1.807, 2.05) is 29.9 Å². The van der Waals surface area contributed by atoms with Crippen molar-refractivity contribution in [1.29, 1.82) is 0 Å². The smallest absolute Gasteiger partial charge is 0.251 e. The van der Waals surface area contributed by atoms with Crippen molar-refractivity contribution in [3.63, 3.8) is 0 Å². The van der Waals surface area contributed by atoms with E-state index in [9.17, 15) is 4.79 Å². The van der Waals surface area contributed by atoms with Gasteiger partial charge in [0.1, 0.15) is 0 Å². The molecule has 2 aromatic heterocycles. The first-order chi connectivity index (χ1) is 14.1. The summed E-state index contributed by atoms with van der Waals surface area (Å²) >= 11 is 0. The zero-order chi connectivity index (χ0) is 20.0. The number of aryl methyl sites for hydroxylation is 2. The van der Waals surface area contributed by atoms with Crippen LogP contribution in [0.1, 0.15) is 71.7 Å². The van der Waals surface area contributed by atoms with Gasteiger partial charge in [0.2, 0.25) is 5.89 Å². The van der Waals surface area contributed by atoms with Crippen molar-refractivity contribution in [3.05, 3.63) is 53.3 Å². The number of amides is 1. The minimum absolute atomic E-state index is 0.108. The zero-order valence-corrected chi connectivity index (χ0v) is 16.8. The normalized spacial score (nSPS) is 17.3. The summed E-state index contributed by atoms with van der Waals surface area (Å²) in [5, 5.41) is 11.5. The molecule has 0 bridgehead atoms. The summed E-state index contributed by atoms with van der Waals surface area (Å²) in [4.78, 5) is 17.5. The summed E-state index contributed by atoms with van der Waals surface area (Å²) in [7, 11) is 1.93. The molecule has 5 rings (SSSR count). The van der Waals surface area contributed by atoms with Crippen LogP contribution in [0.15, 0.2) is 35.0 Å². The second kappa shape index (κ2) is 7.13. The topological polar surface area (TPSA) is 85.8 Å². The van der Waals surface area contributed by atoms with Crippen molar-refractivity contribution >= 4 is 5.91 Å². The summed E-state index contributed by atoms with van der Waals surface area (Å²) in [5.74, 6) is 2.18. The Hall–Kier alpha value is -2.96. The molecule has 0 saturated heterocycles. The molecule has 2 fully saturated rings. The highest BCUT2D eigenvalue weighted by molar-refractivity contribution is 5.96. The first-order valence-electron chi connectivity index (χ1n) is 10.3. The zero-order valence-electron chi connectivity index (χ0n) is 16.8. The van der Waals surface area contributed by atoms with Crippen LogP contribution in [-0.4, -0.2) is 25.8 Å². The van der Waals surface area contributed by atoms with Crippen molar-refractivity contribution in [1.82, 2.24) is 25.2 Å². The number of rotatable bonds is 7. The van der Waals surface area contributed by atoms with Crippen LogP contribution in [-0.2, 0) is 7.05 Å². The molecule has 0 radical (unpaired) electrons. The molecule has 1 atom stereocenters. The highest BCUT2D eigenvalue weighted by Crippen LogP contribution is 2.44. The Morgan fingerprint density at radius 2 is 2.10 bits per heavy atom. The maximum absolute atomic E-state index is 13.1. The Kier molecular flexibility index (Phi) is 4.45. The number of hydrogen-bond donors (Lipinski definition) is 1. The Bertz CT molecular complexity index is 1050. The molecule has 2 aliphatic rings. The molecule has 7 nitrogen and oxygen atoms in total. The van der Waals surface area contributed by atoms with Gasteiger partial charge in [-0.1, -0.05) is 24.1 Å². The summed E-state index contributed by atoms with van der Waals surface area (Å²) in [6, 6.07) is 7.80. The van der Waals surface area contributed by atoms with Gasteiger partial charge >= 0.3 is 0 Å². The molecule has 150 valence electrons.